The van der Waals surface area contributed by atoms with Crippen molar-refractivity contribution in [2.24, 2.45) is 0 Å². The number of carbonyl (C=O) groups excluding carboxylic acids is 2. The zero-order valence-electron chi connectivity index (χ0n) is 10.7. The number of hydrogen-bond acceptors (Lipinski definition) is 2. The van der Waals surface area contributed by atoms with Crippen LogP contribution in [0.15, 0.2) is 24.3 Å². The summed E-state index contributed by atoms with van der Waals surface area (Å²) in [7, 11) is 0. The van der Waals surface area contributed by atoms with Crippen molar-refractivity contribution in [2.45, 2.75) is 19.4 Å². The highest BCUT2D eigenvalue weighted by Gasteiger charge is 2.25. The summed E-state index contributed by atoms with van der Waals surface area (Å²) in [4.78, 5) is 25.3. The number of alkyl halides is 1. The minimum atomic E-state index is -0.538. The van der Waals surface area contributed by atoms with Gasteiger partial charge in [-0.25, -0.2) is 0 Å². The first kappa shape index (κ1) is 13.9. The van der Waals surface area contributed by atoms with Crippen LogP contribution in [0.3, 0.4) is 0 Å². The highest BCUT2D eigenvalue weighted by molar-refractivity contribution is 6.35. The molecule has 1 aromatic carbocycles. The topological polar surface area (TPSA) is 49.4 Å². The zero-order chi connectivity index (χ0) is 13.7. The van der Waals surface area contributed by atoms with Gasteiger partial charge in [-0.15, -0.1) is 11.6 Å². The van der Waals surface area contributed by atoms with Crippen LogP contribution < -0.4 is 5.32 Å². The van der Waals surface area contributed by atoms with Crippen LogP contribution >= 0.6 is 11.6 Å². The molecule has 1 aliphatic rings. The van der Waals surface area contributed by atoms with E-state index in [2.05, 4.69) is 11.4 Å². The summed E-state index contributed by atoms with van der Waals surface area (Å²) < 4.78 is 0. The van der Waals surface area contributed by atoms with E-state index in [1.54, 1.807) is 4.90 Å². The van der Waals surface area contributed by atoms with Crippen molar-refractivity contribution >= 4 is 23.4 Å². The number of nitrogens with one attached hydrogen (secondary N) is 1. The number of rotatable bonds is 3. The fourth-order valence-corrected chi connectivity index (χ4v) is 2.29. The number of carbonyl (C=O) groups is 2. The van der Waals surface area contributed by atoms with Gasteiger partial charge in [-0.05, 0) is 24.0 Å². The van der Waals surface area contributed by atoms with Crippen molar-refractivity contribution in [1.82, 2.24) is 10.2 Å². The molecule has 0 aliphatic carbocycles. The van der Waals surface area contributed by atoms with Crippen LogP contribution in [0.1, 0.15) is 17.5 Å². The molecule has 0 unspecified atom stereocenters. The fraction of sp³-hybridized carbons (Fsp3) is 0.429. The smallest absolute Gasteiger partial charge is 0.312 e. The van der Waals surface area contributed by atoms with E-state index in [1.165, 1.54) is 5.56 Å². The lowest BCUT2D eigenvalue weighted by Crippen LogP contribution is -2.45. The van der Waals surface area contributed by atoms with Crippen LogP contribution in [-0.2, 0) is 22.6 Å². The Balaban J connectivity index is 1.93. The molecule has 0 atom stereocenters. The molecule has 2 rings (SSSR count). The number of halogens is 1. The van der Waals surface area contributed by atoms with Crippen molar-refractivity contribution in [2.75, 3.05) is 19.0 Å². The van der Waals surface area contributed by atoms with Crippen molar-refractivity contribution < 1.29 is 9.59 Å². The molecule has 0 saturated heterocycles. The van der Waals surface area contributed by atoms with Crippen LogP contribution in [0, 0.1) is 0 Å². The molecular weight excluding hydrogens is 264 g/mol. The summed E-state index contributed by atoms with van der Waals surface area (Å²) >= 11 is 5.52. The van der Waals surface area contributed by atoms with E-state index in [-0.39, 0.29) is 0 Å². The van der Waals surface area contributed by atoms with E-state index in [0.717, 1.165) is 12.0 Å². The van der Waals surface area contributed by atoms with Crippen molar-refractivity contribution in [3.8, 4) is 0 Å². The molecule has 5 heteroatoms. The molecule has 19 heavy (non-hydrogen) atoms. The summed E-state index contributed by atoms with van der Waals surface area (Å²) in [6, 6.07) is 8.01. The number of fused-ring (bicyclic) bond motifs is 1. The van der Waals surface area contributed by atoms with E-state index in [1.807, 2.05) is 18.2 Å². The predicted octanol–water partition coefficient (Wildman–Crippen LogP) is 1.32. The standard InChI is InChI=1S/C14H17ClN2O2/c15-7-3-8-16-13(18)14(19)17-9-6-11-4-1-2-5-12(11)10-17/h1-2,4-5H,3,6-10H2,(H,16,18). The molecular formula is C14H17ClN2O2. The van der Waals surface area contributed by atoms with Crippen LogP contribution in [-0.4, -0.2) is 35.7 Å². The van der Waals surface area contributed by atoms with Gasteiger partial charge in [0.15, 0.2) is 0 Å². The predicted molar refractivity (Wildman–Crippen MR) is 73.9 cm³/mol. The lowest BCUT2D eigenvalue weighted by molar-refractivity contribution is -0.146. The summed E-state index contributed by atoms with van der Waals surface area (Å²) in [5.41, 5.74) is 2.38. The van der Waals surface area contributed by atoms with Crippen LogP contribution in [0.25, 0.3) is 0 Å². The van der Waals surface area contributed by atoms with Gasteiger partial charge in [-0.3, -0.25) is 9.59 Å². The van der Waals surface area contributed by atoms with E-state index in [0.29, 0.717) is 31.9 Å². The Hall–Kier alpha value is -1.55. The summed E-state index contributed by atoms with van der Waals surface area (Å²) in [5, 5.41) is 2.59. The zero-order valence-corrected chi connectivity index (χ0v) is 11.4. The largest absolute Gasteiger partial charge is 0.348 e. The molecule has 4 nitrogen and oxygen atoms in total. The average molecular weight is 281 g/mol. The van der Waals surface area contributed by atoms with Gasteiger partial charge in [0.2, 0.25) is 0 Å². The van der Waals surface area contributed by atoms with Crippen LogP contribution in [0.2, 0.25) is 0 Å². The maximum absolute atomic E-state index is 12.0. The summed E-state index contributed by atoms with van der Waals surface area (Å²) in [6.07, 6.45) is 1.47. The van der Waals surface area contributed by atoms with Gasteiger partial charge in [-0.1, -0.05) is 24.3 Å². The van der Waals surface area contributed by atoms with Gasteiger partial charge in [-0.2, -0.15) is 0 Å². The quantitative estimate of drug-likeness (QED) is 0.516. The minimum Gasteiger partial charge on any atom is -0.348 e. The lowest BCUT2D eigenvalue weighted by atomic mass is 10.00. The molecule has 1 N–H and O–H groups in total. The maximum Gasteiger partial charge on any atom is 0.312 e. The number of hydrogen-bond donors (Lipinski definition) is 1. The first-order valence-electron chi connectivity index (χ1n) is 6.42. The molecule has 0 fully saturated rings. The number of benzene rings is 1. The molecule has 0 bridgehead atoms. The Morgan fingerprint density at radius 1 is 1.26 bits per heavy atom. The molecule has 2 amide bonds. The van der Waals surface area contributed by atoms with Crippen molar-refractivity contribution in [3.05, 3.63) is 35.4 Å². The Morgan fingerprint density at radius 2 is 2.00 bits per heavy atom. The first-order valence-corrected chi connectivity index (χ1v) is 6.95. The van der Waals surface area contributed by atoms with Gasteiger partial charge < -0.3 is 10.2 Å². The van der Waals surface area contributed by atoms with Gasteiger partial charge in [0.05, 0.1) is 0 Å². The highest BCUT2D eigenvalue weighted by Crippen LogP contribution is 2.18. The second kappa shape index (κ2) is 6.57. The molecule has 102 valence electrons. The van der Waals surface area contributed by atoms with Crippen LogP contribution in [0.5, 0.6) is 0 Å². The van der Waals surface area contributed by atoms with Gasteiger partial charge in [0.1, 0.15) is 0 Å². The second-order valence-corrected chi connectivity index (χ2v) is 4.92. The molecule has 0 aromatic heterocycles. The van der Waals surface area contributed by atoms with E-state index in [4.69, 9.17) is 11.6 Å². The van der Waals surface area contributed by atoms with E-state index in [9.17, 15) is 9.59 Å². The minimum absolute atomic E-state index is 0.443. The van der Waals surface area contributed by atoms with E-state index >= 15 is 0 Å². The molecule has 1 aliphatic heterocycles. The Labute approximate surface area is 117 Å². The SMILES string of the molecule is O=C(NCCCCl)C(=O)N1CCc2ccccc2C1. The Bertz CT molecular complexity index is 476. The normalized spacial score (nSPS) is 13.8. The second-order valence-electron chi connectivity index (χ2n) is 4.54. The van der Waals surface area contributed by atoms with Gasteiger partial charge in [0.25, 0.3) is 0 Å². The Kier molecular flexibility index (Phi) is 4.80. The number of amides is 2. The molecule has 0 spiro atoms. The average Bonchev–Trinajstić information content (AvgIpc) is 2.46. The van der Waals surface area contributed by atoms with Crippen molar-refractivity contribution in [1.29, 1.82) is 0 Å². The maximum atomic E-state index is 12.0. The van der Waals surface area contributed by atoms with Crippen molar-refractivity contribution in [3.63, 3.8) is 0 Å². The summed E-state index contributed by atoms with van der Waals surface area (Å²) in [6.45, 7) is 1.55. The van der Waals surface area contributed by atoms with Gasteiger partial charge >= 0.3 is 11.8 Å². The summed E-state index contributed by atoms with van der Waals surface area (Å²) in [5.74, 6) is -0.514. The third-order valence-electron chi connectivity index (χ3n) is 3.21. The molecule has 1 aromatic rings. The van der Waals surface area contributed by atoms with Crippen LogP contribution in [0.4, 0.5) is 0 Å². The third-order valence-corrected chi connectivity index (χ3v) is 3.48. The van der Waals surface area contributed by atoms with E-state index < -0.39 is 11.8 Å². The number of nitrogens with zero attached hydrogens (tertiary/aromatic N) is 1. The fourth-order valence-electron chi connectivity index (χ4n) is 2.16. The highest BCUT2D eigenvalue weighted by atomic mass is 35.5. The molecule has 1 heterocycles. The molecule has 0 saturated carbocycles. The Morgan fingerprint density at radius 3 is 2.74 bits per heavy atom. The molecule has 0 radical (unpaired) electrons. The first-order chi connectivity index (χ1) is 9.22. The lowest BCUT2D eigenvalue weighted by Gasteiger charge is -2.28. The monoisotopic (exact) mass is 280 g/mol. The third kappa shape index (κ3) is 3.47. The van der Waals surface area contributed by atoms with Gasteiger partial charge in [0, 0.05) is 25.5 Å².